The van der Waals surface area contributed by atoms with Crippen LogP contribution in [0.5, 0.6) is 5.75 Å². The third-order valence-corrected chi connectivity index (χ3v) is 11.0. The largest absolute Gasteiger partial charge is 0.508 e. The number of likely N-dealkylation sites (tertiary alicyclic amines) is 1. The fraction of sp³-hybridized carbons (Fsp3) is 0.281. The van der Waals surface area contributed by atoms with Gasteiger partial charge in [-0.2, -0.15) is 0 Å². The number of carboxylic acids is 1. The molecule has 4 amide bonds. The first-order valence-corrected chi connectivity index (χ1v) is 14.5. The molecule has 2 heterocycles. The minimum absolute atomic E-state index is 0.0827. The third kappa shape index (κ3) is 3.43. The lowest BCUT2D eigenvalue weighted by Crippen LogP contribution is -2.60. The number of halogens is 2. The number of carboxylic acid groups (broad SMARTS) is 1. The van der Waals surface area contributed by atoms with E-state index in [4.69, 9.17) is 23.2 Å². The predicted molar refractivity (Wildman–Crippen MR) is 157 cm³/mol. The second-order valence-electron chi connectivity index (χ2n) is 11.6. The summed E-state index contributed by atoms with van der Waals surface area (Å²) in [6, 6.07) is 16.0. The first-order valence-electron chi connectivity index (χ1n) is 13.7. The van der Waals surface area contributed by atoms with Gasteiger partial charge in [-0.05, 0) is 53.8 Å². The van der Waals surface area contributed by atoms with Crippen molar-refractivity contribution in [1.82, 2.24) is 4.90 Å². The maximum Gasteiger partial charge on any atom is 0.335 e. The molecule has 1 saturated carbocycles. The monoisotopic (exact) mass is 618 g/mol. The quantitative estimate of drug-likeness (QED) is 0.252. The Labute approximate surface area is 255 Å². The van der Waals surface area contributed by atoms with Crippen molar-refractivity contribution >= 4 is 69.3 Å². The molecule has 43 heavy (non-hydrogen) atoms. The normalized spacial score (nSPS) is 31.7. The van der Waals surface area contributed by atoms with E-state index >= 15 is 0 Å². The molecule has 0 unspecified atom stereocenters. The van der Waals surface area contributed by atoms with Gasteiger partial charge in [-0.15, -0.1) is 23.2 Å². The van der Waals surface area contributed by atoms with Gasteiger partial charge in [0.15, 0.2) is 9.75 Å². The number of benzene rings is 3. The Morgan fingerprint density at radius 2 is 1.67 bits per heavy atom. The molecule has 11 heteroatoms. The number of anilines is 1. The zero-order valence-corrected chi connectivity index (χ0v) is 24.2. The minimum atomic E-state index is -2.03. The highest BCUT2D eigenvalue weighted by molar-refractivity contribution is 6.53. The smallest absolute Gasteiger partial charge is 0.335 e. The molecule has 3 aromatic rings. The number of carbonyl (C=O) groups excluding carboxylic acids is 4. The lowest BCUT2D eigenvalue weighted by molar-refractivity contribution is -0.138. The van der Waals surface area contributed by atoms with Crippen molar-refractivity contribution in [2.24, 2.45) is 17.8 Å². The highest BCUT2D eigenvalue weighted by atomic mass is 35.5. The van der Waals surface area contributed by atoms with Crippen LogP contribution in [-0.4, -0.2) is 61.5 Å². The molecule has 3 aromatic carbocycles. The highest BCUT2D eigenvalue weighted by Crippen LogP contribution is 2.66. The number of hydrogen-bond acceptors (Lipinski definition) is 6. The van der Waals surface area contributed by atoms with Gasteiger partial charge in [-0.1, -0.05) is 48.0 Å². The summed E-state index contributed by atoms with van der Waals surface area (Å²) in [4.78, 5) is 64.9. The van der Waals surface area contributed by atoms with Crippen LogP contribution in [0.1, 0.15) is 34.7 Å². The van der Waals surface area contributed by atoms with Crippen molar-refractivity contribution in [1.29, 1.82) is 0 Å². The zero-order valence-electron chi connectivity index (χ0n) is 22.7. The number of phenolic OH excluding ortho intramolecular Hbond substituents is 1. The van der Waals surface area contributed by atoms with E-state index in [1.165, 1.54) is 37.4 Å². The molecule has 2 saturated heterocycles. The lowest BCUT2D eigenvalue weighted by Gasteiger charge is -2.51. The molecular formula is C32H24Cl2N2O7. The van der Waals surface area contributed by atoms with Crippen LogP contribution in [0.15, 0.2) is 72.3 Å². The van der Waals surface area contributed by atoms with Crippen LogP contribution in [0.2, 0.25) is 0 Å². The number of allylic oxidation sites excluding steroid dienone is 2. The molecule has 218 valence electrons. The zero-order chi connectivity index (χ0) is 30.6. The summed E-state index contributed by atoms with van der Waals surface area (Å²) < 4.78 is 0. The number of nitrogens with zero attached hydrogens (tertiary/aromatic N) is 2. The molecule has 0 spiro atoms. The molecule has 7 rings (SSSR count). The Morgan fingerprint density at radius 3 is 2.42 bits per heavy atom. The van der Waals surface area contributed by atoms with Crippen molar-refractivity contribution in [3.63, 3.8) is 0 Å². The Hall–Kier alpha value is -4.21. The number of amides is 4. The van der Waals surface area contributed by atoms with E-state index in [1.54, 1.807) is 24.3 Å². The van der Waals surface area contributed by atoms with Crippen molar-refractivity contribution in [2.75, 3.05) is 11.9 Å². The fourth-order valence-electron chi connectivity index (χ4n) is 7.68. The first-order chi connectivity index (χ1) is 20.4. The van der Waals surface area contributed by atoms with E-state index < -0.39 is 63.0 Å². The van der Waals surface area contributed by atoms with Crippen LogP contribution in [0.25, 0.3) is 10.8 Å². The van der Waals surface area contributed by atoms with Crippen molar-refractivity contribution in [3.8, 4) is 5.75 Å². The van der Waals surface area contributed by atoms with Gasteiger partial charge in [-0.3, -0.25) is 29.0 Å². The summed E-state index contributed by atoms with van der Waals surface area (Å²) in [6.07, 6.45) is 1.74. The first kappa shape index (κ1) is 27.6. The topological polar surface area (TPSA) is 132 Å². The SMILES string of the molecule is CN1C(=O)[C@]2(Cl)C[C@@H]3C(=CC[C@@H]4C(=O)N(c5cccc(C(=O)O)c5)C(=O)[C@@H]43)[C@H](c3c(O)ccc4ccccc34)[C@]2(Cl)C1=O. The molecule has 4 aliphatic rings. The van der Waals surface area contributed by atoms with Gasteiger partial charge in [0, 0.05) is 18.5 Å². The van der Waals surface area contributed by atoms with E-state index in [0.717, 1.165) is 15.2 Å². The van der Waals surface area contributed by atoms with Crippen molar-refractivity contribution < 1.29 is 34.2 Å². The Kier molecular flexibility index (Phi) is 5.87. The van der Waals surface area contributed by atoms with Gasteiger partial charge >= 0.3 is 5.97 Å². The van der Waals surface area contributed by atoms with Gasteiger partial charge in [0.1, 0.15) is 5.75 Å². The molecule has 2 aliphatic heterocycles. The van der Waals surface area contributed by atoms with Gasteiger partial charge in [0.2, 0.25) is 11.8 Å². The minimum Gasteiger partial charge on any atom is -0.508 e. The Balaban J connectivity index is 1.43. The molecule has 9 nitrogen and oxygen atoms in total. The summed E-state index contributed by atoms with van der Waals surface area (Å²) in [7, 11) is 1.31. The van der Waals surface area contributed by atoms with Crippen LogP contribution >= 0.6 is 23.2 Å². The number of phenols is 1. The lowest BCUT2D eigenvalue weighted by atomic mass is 9.56. The number of imide groups is 2. The second kappa shape index (κ2) is 9.14. The van der Waals surface area contributed by atoms with Crippen molar-refractivity contribution in [2.45, 2.75) is 28.5 Å². The third-order valence-electron chi connectivity index (χ3n) is 9.60. The van der Waals surface area contributed by atoms with Gasteiger partial charge in [0.25, 0.3) is 11.8 Å². The van der Waals surface area contributed by atoms with E-state index in [1.807, 2.05) is 12.1 Å². The number of hydrogen-bond donors (Lipinski definition) is 2. The maximum absolute atomic E-state index is 14.1. The van der Waals surface area contributed by atoms with Gasteiger partial charge < -0.3 is 10.2 Å². The maximum atomic E-state index is 14.1. The number of carbonyl (C=O) groups is 5. The average Bonchev–Trinajstić information content (AvgIpc) is 3.32. The standard InChI is InChI=1S/C32H24Cl2N2O7/c1-35-29(42)31(33)14-21-19(25(32(31,34)30(35)43)24-18-8-3-2-5-15(18)9-12-22(24)37)10-11-20-23(21)27(39)36(26(20)38)17-7-4-6-16(13-17)28(40)41/h2-10,12-13,20-21,23,25,37H,11,14H2,1H3,(H,40,41)/t20-,21+,23-,25+,31+,32-/m0/s1. The Bertz CT molecular complexity index is 1860. The van der Waals surface area contributed by atoms with Crippen LogP contribution in [0, 0.1) is 17.8 Å². The molecular weight excluding hydrogens is 595 g/mol. The molecule has 3 fully saturated rings. The van der Waals surface area contributed by atoms with Gasteiger partial charge in [0.05, 0.1) is 23.1 Å². The summed E-state index contributed by atoms with van der Waals surface area (Å²) in [5.41, 5.74) is 0.911. The number of rotatable bonds is 3. The predicted octanol–water partition coefficient (Wildman–Crippen LogP) is 4.44. The van der Waals surface area contributed by atoms with Crippen LogP contribution < -0.4 is 4.90 Å². The average molecular weight is 619 g/mol. The molecule has 0 bridgehead atoms. The summed E-state index contributed by atoms with van der Waals surface area (Å²) in [6.45, 7) is 0. The molecule has 0 aromatic heterocycles. The van der Waals surface area contributed by atoms with Crippen LogP contribution in [0.3, 0.4) is 0 Å². The van der Waals surface area contributed by atoms with E-state index in [0.29, 0.717) is 16.5 Å². The summed E-state index contributed by atoms with van der Waals surface area (Å²) in [5, 5.41) is 22.2. The fourth-order valence-corrected chi connectivity index (χ4v) is 8.68. The molecule has 2 aliphatic carbocycles. The van der Waals surface area contributed by atoms with Gasteiger partial charge in [-0.25, -0.2) is 4.79 Å². The van der Waals surface area contributed by atoms with E-state index in [9.17, 15) is 34.2 Å². The summed E-state index contributed by atoms with van der Waals surface area (Å²) in [5.74, 6) is -7.47. The highest BCUT2D eigenvalue weighted by Gasteiger charge is 2.76. The second-order valence-corrected chi connectivity index (χ2v) is 12.8. The van der Waals surface area contributed by atoms with Crippen LogP contribution in [-0.2, 0) is 19.2 Å². The van der Waals surface area contributed by atoms with E-state index in [-0.39, 0.29) is 29.8 Å². The molecule has 0 radical (unpaired) electrons. The number of alkyl halides is 2. The molecule has 2 N–H and O–H groups in total. The Morgan fingerprint density at radius 1 is 0.930 bits per heavy atom. The molecule has 6 atom stereocenters. The number of fused-ring (bicyclic) bond motifs is 5. The van der Waals surface area contributed by atoms with Crippen LogP contribution in [0.4, 0.5) is 5.69 Å². The van der Waals surface area contributed by atoms with Crippen molar-refractivity contribution in [3.05, 3.63) is 83.4 Å². The number of aromatic hydroxyl groups is 1. The summed E-state index contributed by atoms with van der Waals surface area (Å²) >= 11 is 14.5. The van der Waals surface area contributed by atoms with E-state index in [2.05, 4.69) is 0 Å². The number of aromatic carboxylic acids is 1.